The summed E-state index contributed by atoms with van der Waals surface area (Å²) in [5.74, 6) is -0.854. The Morgan fingerprint density at radius 1 is 1.23 bits per heavy atom. The number of carbonyl (C=O) groups is 2. The number of hydrogen-bond acceptors (Lipinski definition) is 6. The van der Waals surface area contributed by atoms with Gasteiger partial charge in [-0.3, -0.25) is 9.52 Å². The number of sulfonamides is 1. The average molecular weight is 339 g/mol. The molecule has 1 aromatic carbocycles. The molecule has 22 heavy (non-hydrogen) atoms. The van der Waals surface area contributed by atoms with Crippen LogP contribution in [0.25, 0.3) is 0 Å². The third-order valence-electron chi connectivity index (χ3n) is 2.83. The Hall–Kier alpha value is -2.19. The second-order valence-corrected chi connectivity index (χ2v) is 6.94. The highest BCUT2D eigenvalue weighted by Gasteiger charge is 2.20. The molecule has 0 aliphatic rings. The minimum atomic E-state index is -3.91. The Labute approximate surface area is 131 Å². The first kappa shape index (κ1) is 16.2. The number of esters is 1. The molecule has 0 atom stereocenters. The second-order valence-electron chi connectivity index (χ2n) is 4.34. The van der Waals surface area contributed by atoms with Gasteiger partial charge in [-0.1, -0.05) is 12.1 Å². The van der Waals surface area contributed by atoms with Crippen molar-refractivity contribution in [2.24, 2.45) is 0 Å². The van der Waals surface area contributed by atoms with E-state index in [9.17, 15) is 18.0 Å². The number of anilines is 1. The van der Waals surface area contributed by atoms with Crippen molar-refractivity contribution in [3.05, 3.63) is 46.2 Å². The molecule has 1 heterocycles. The van der Waals surface area contributed by atoms with E-state index in [0.29, 0.717) is 5.56 Å². The van der Waals surface area contributed by atoms with Gasteiger partial charge in [-0.25, -0.2) is 13.2 Å². The van der Waals surface area contributed by atoms with E-state index >= 15 is 0 Å². The molecule has 0 spiro atoms. The molecule has 0 bridgehead atoms. The molecule has 8 heteroatoms. The molecular weight excluding hydrogens is 326 g/mol. The smallest absolute Gasteiger partial charge is 0.350 e. The van der Waals surface area contributed by atoms with E-state index in [1.165, 1.54) is 44.4 Å². The van der Waals surface area contributed by atoms with Crippen LogP contribution in [0.15, 0.2) is 40.6 Å². The molecule has 0 radical (unpaired) electrons. The molecule has 1 N–H and O–H groups in total. The van der Waals surface area contributed by atoms with Crippen molar-refractivity contribution in [3.63, 3.8) is 0 Å². The number of nitrogens with one attached hydrogen (secondary N) is 1. The van der Waals surface area contributed by atoms with Gasteiger partial charge in [0, 0.05) is 5.56 Å². The number of benzene rings is 1. The van der Waals surface area contributed by atoms with E-state index in [4.69, 9.17) is 0 Å². The Kier molecular flexibility index (Phi) is 4.62. The largest absolute Gasteiger partial charge is 0.465 e. The van der Waals surface area contributed by atoms with Crippen LogP contribution in [0.2, 0.25) is 0 Å². The van der Waals surface area contributed by atoms with E-state index in [1.54, 1.807) is 5.38 Å². The number of rotatable bonds is 5. The summed E-state index contributed by atoms with van der Waals surface area (Å²) in [6.45, 7) is 1.35. The van der Waals surface area contributed by atoms with Crippen LogP contribution in [0.5, 0.6) is 0 Å². The lowest BCUT2D eigenvalue weighted by Crippen LogP contribution is -2.15. The molecule has 6 nitrogen and oxygen atoms in total. The van der Waals surface area contributed by atoms with Gasteiger partial charge in [0.1, 0.15) is 4.88 Å². The normalized spacial score (nSPS) is 11.0. The zero-order valence-electron chi connectivity index (χ0n) is 11.8. The highest BCUT2D eigenvalue weighted by Crippen LogP contribution is 2.26. The van der Waals surface area contributed by atoms with Crippen LogP contribution in [-0.4, -0.2) is 27.3 Å². The number of Topliss-reactive ketones (excluding diaryl/α,β-unsaturated/α-hetero) is 1. The third kappa shape index (κ3) is 3.34. The first-order valence-electron chi connectivity index (χ1n) is 6.15. The molecular formula is C14H13NO5S2. The molecule has 0 aliphatic heterocycles. The van der Waals surface area contributed by atoms with Gasteiger partial charge in [0.25, 0.3) is 10.0 Å². The average Bonchev–Trinajstić information content (AvgIpc) is 2.94. The Balaban J connectivity index is 2.37. The predicted octanol–water partition coefficient (Wildman–Crippen LogP) is 2.54. The SMILES string of the molecule is COC(=O)c1sccc1NS(=O)(=O)c1cccc(C(C)=O)c1. The lowest BCUT2D eigenvalue weighted by atomic mass is 10.2. The van der Waals surface area contributed by atoms with Crippen LogP contribution in [0.4, 0.5) is 5.69 Å². The van der Waals surface area contributed by atoms with Crippen molar-refractivity contribution in [1.29, 1.82) is 0 Å². The zero-order chi connectivity index (χ0) is 16.3. The lowest BCUT2D eigenvalue weighted by Gasteiger charge is -2.09. The van der Waals surface area contributed by atoms with Gasteiger partial charge in [0.05, 0.1) is 17.7 Å². The van der Waals surface area contributed by atoms with Gasteiger partial charge in [-0.15, -0.1) is 11.3 Å². The van der Waals surface area contributed by atoms with Crippen molar-refractivity contribution in [1.82, 2.24) is 0 Å². The number of ketones is 1. The van der Waals surface area contributed by atoms with E-state index < -0.39 is 16.0 Å². The molecule has 0 unspecified atom stereocenters. The summed E-state index contributed by atoms with van der Waals surface area (Å²) in [6, 6.07) is 7.16. The summed E-state index contributed by atoms with van der Waals surface area (Å²) in [5, 5.41) is 1.58. The summed E-state index contributed by atoms with van der Waals surface area (Å²) < 4.78 is 31.7. The van der Waals surface area contributed by atoms with Crippen molar-refractivity contribution in [3.8, 4) is 0 Å². The quantitative estimate of drug-likeness (QED) is 0.668. The van der Waals surface area contributed by atoms with Gasteiger partial charge >= 0.3 is 5.97 Å². The molecule has 2 rings (SSSR count). The van der Waals surface area contributed by atoms with E-state index in [0.717, 1.165) is 11.3 Å². The van der Waals surface area contributed by atoms with Crippen LogP contribution >= 0.6 is 11.3 Å². The minimum absolute atomic E-state index is 0.0535. The number of ether oxygens (including phenoxy) is 1. The fourth-order valence-corrected chi connectivity index (χ4v) is 3.67. The molecule has 116 valence electrons. The molecule has 2 aromatic rings. The maximum atomic E-state index is 12.4. The van der Waals surface area contributed by atoms with Gasteiger partial charge in [-0.2, -0.15) is 0 Å². The Bertz CT molecular complexity index is 823. The number of thiophene rings is 1. The monoisotopic (exact) mass is 339 g/mol. The topological polar surface area (TPSA) is 89.5 Å². The molecule has 0 saturated carbocycles. The third-order valence-corrected chi connectivity index (χ3v) is 5.09. The summed E-state index contributed by atoms with van der Waals surface area (Å²) in [5.41, 5.74) is 0.437. The first-order chi connectivity index (χ1) is 10.3. The molecule has 0 fully saturated rings. The summed E-state index contributed by atoms with van der Waals surface area (Å²) in [4.78, 5) is 23.0. The van der Waals surface area contributed by atoms with Gasteiger partial charge < -0.3 is 4.74 Å². The number of methoxy groups -OCH3 is 1. The number of hydrogen-bond donors (Lipinski definition) is 1. The van der Waals surface area contributed by atoms with Crippen molar-refractivity contribution in [2.45, 2.75) is 11.8 Å². The highest BCUT2D eigenvalue weighted by atomic mass is 32.2. The van der Waals surface area contributed by atoms with E-state index in [2.05, 4.69) is 9.46 Å². The van der Waals surface area contributed by atoms with Gasteiger partial charge in [0.2, 0.25) is 0 Å². The molecule has 0 saturated heterocycles. The van der Waals surface area contributed by atoms with Crippen LogP contribution < -0.4 is 4.72 Å². The van der Waals surface area contributed by atoms with Crippen molar-refractivity contribution >= 4 is 38.8 Å². The fraction of sp³-hybridized carbons (Fsp3) is 0.143. The maximum absolute atomic E-state index is 12.4. The Morgan fingerprint density at radius 3 is 2.59 bits per heavy atom. The van der Waals surface area contributed by atoms with Crippen molar-refractivity contribution in [2.75, 3.05) is 11.8 Å². The van der Waals surface area contributed by atoms with E-state index in [-0.39, 0.29) is 21.2 Å². The van der Waals surface area contributed by atoms with Gasteiger partial charge in [-0.05, 0) is 30.5 Å². The fourth-order valence-electron chi connectivity index (χ4n) is 1.73. The summed E-state index contributed by atoms with van der Waals surface area (Å²) in [6.07, 6.45) is 0. The van der Waals surface area contributed by atoms with Crippen LogP contribution in [0.1, 0.15) is 27.0 Å². The maximum Gasteiger partial charge on any atom is 0.350 e. The molecule has 0 amide bonds. The predicted molar refractivity (Wildman–Crippen MR) is 82.9 cm³/mol. The van der Waals surface area contributed by atoms with Gasteiger partial charge in [0.15, 0.2) is 5.78 Å². The second kappa shape index (κ2) is 6.29. The highest BCUT2D eigenvalue weighted by molar-refractivity contribution is 7.92. The standard InChI is InChI=1S/C14H13NO5S2/c1-9(16)10-4-3-5-11(8-10)22(18,19)15-12-6-7-21-13(12)14(17)20-2/h3-8,15H,1-2H3. The molecule has 1 aromatic heterocycles. The van der Waals surface area contributed by atoms with Crippen molar-refractivity contribution < 1.29 is 22.7 Å². The van der Waals surface area contributed by atoms with Crippen LogP contribution in [-0.2, 0) is 14.8 Å². The lowest BCUT2D eigenvalue weighted by molar-refractivity contribution is 0.0607. The zero-order valence-corrected chi connectivity index (χ0v) is 13.5. The molecule has 0 aliphatic carbocycles. The first-order valence-corrected chi connectivity index (χ1v) is 8.51. The summed E-state index contributed by atoms with van der Waals surface area (Å²) >= 11 is 1.07. The van der Waals surface area contributed by atoms with Crippen LogP contribution in [0, 0.1) is 0 Å². The summed E-state index contributed by atoms with van der Waals surface area (Å²) in [7, 11) is -2.69. The number of carbonyl (C=O) groups excluding carboxylic acids is 2. The van der Waals surface area contributed by atoms with Crippen LogP contribution in [0.3, 0.4) is 0 Å². The Morgan fingerprint density at radius 2 is 1.95 bits per heavy atom. The minimum Gasteiger partial charge on any atom is -0.465 e. The van der Waals surface area contributed by atoms with E-state index in [1.807, 2.05) is 0 Å².